The second-order valence-electron chi connectivity index (χ2n) is 3.10. The maximum atomic E-state index is 10.2. The van der Waals surface area contributed by atoms with Gasteiger partial charge in [0, 0.05) is 17.9 Å². The monoisotopic (exact) mass is 204 g/mol. The quantitative estimate of drug-likeness (QED) is 0.745. The number of ether oxygens (including phenoxy) is 1. The highest BCUT2D eigenvalue weighted by Gasteiger charge is 2.00. The zero-order chi connectivity index (χ0) is 11.3. The Kier molecular flexibility index (Phi) is 3.75. The van der Waals surface area contributed by atoms with Crippen molar-refractivity contribution in [1.82, 2.24) is 0 Å². The zero-order valence-electron chi connectivity index (χ0n) is 8.70. The van der Waals surface area contributed by atoms with Gasteiger partial charge in [-0.1, -0.05) is 23.6 Å². The number of carboxylic acid groups (broad SMARTS) is 1. The van der Waals surface area contributed by atoms with Gasteiger partial charge in [0.15, 0.2) is 0 Å². The van der Waals surface area contributed by atoms with Gasteiger partial charge in [-0.15, -0.1) is 0 Å². The number of carbonyl (C=O) groups is 1. The fraction of sp³-hybridized carbons (Fsp3) is 0.250. The molecule has 0 spiro atoms. The van der Waals surface area contributed by atoms with E-state index >= 15 is 0 Å². The second-order valence-corrected chi connectivity index (χ2v) is 3.10. The predicted molar refractivity (Wildman–Crippen MR) is 56.8 cm³/mol. The Morgan fingerprint density at radius 3 is 2.87 bits per heavy atom. The van der Waals surface area contributed by atoms with Crippen molar-refractivity contribution >= 4 is 5.97 Å². The maximum Gasteiger partial charge on any atom is 0.381 e. The molecule has 78 valence electrons. The van der Waals surface area contributed by atoms with Crippen molar-refractivity contribution in [3.05, 3.63) is 29.3 Å². The van der Waals surface area contributed by atoms with Gasteiger partial charge in [0.1, 0.15) is 5.75 Å². The first-order valence-corrected chi connectivity index (χ1v) is 4.49. The molecular formula is C12H12O3. The lowest BCUT2D eigenvalue weighted by Gasteiger charge is -2.06. The molecule has 3 nitrogen and oxygen atoms in total. The molecule has 0 heterocycles. The Hall–Kier alpha value is -1.95. The highest BCUT2D eigenvalue weighted by atomic mass is 16.5. The summed E-state index contributed by atoms with van der Waals surface area (Å²) in [6.45, 7) is 1.97. The van der Waals surface area contributed by atoms with Crippen LogP contribution in [0.1, 0.15) is 11.1 Å². The first-order chi connectivity index (χ1) is 7.13. The minimum atomic E-state index is -1.11. The average molecular weight is 204 g/mol. The standard InChI is InChI=1S/C12H12O3/c1-9-6-7-11(15-2)10(8-9)4-3-5-12(13)14/h6-8H,4H2,1-2H3,(H,13,14). The Labute approximate surface area is 88.7 Å². The van der Waals surface area contributed by atoms with Gasteiger partial charge in [0.05, 0.1) is 7.11 Å². The lowest BCUT2D eigenvalue weighted by molar-refractivity contribution is -0.130. The molecule has 0 aliphatic carbocycles. The highest BCUT2D eigenvalue weighted by Crippen LogP contribution is 2.19. The van der Waals surface area contributed by atoms with Crippen molar-refractivity contribution in [2.75, 3.05) is 7.11 Å². The first kappa shape index (κ1) is 11.1. The minimum absolute atomic E-state index is 0.386. The third kappa shape index (κ3) is 3.35. The number of carboxylic acids is 1. The van der Waals surface area contributed by atoms with E-state index in [0.29, 0.717) is 6.42 Å². The zero-order valence-corrected chi connectivity index (χ0v) is 8.70. The van der Waals surface area contributed by atoms with Gasteiger partial charge in [0.25, 0.3) is 0 Å². The van der Waals surface area contributed by atoms with Crippen LogP contribution < -0.4 is 4.74 Å². The van der Waals surface area contributed by atoms with E-state index in [0.717, 1.165) is 16.9 Å². The Morgan fingerprint density at radius 1 is 1.53 bits per heavy atom. The van der Waals surface area contributed by atoms with Gasteiger partial charge in [0.2, 0.25) is 0 Å². The normalized spacial score (nSPS) is 8.93. The van der Waals surface area contributed by atoms with E-state index in [1.165, 1.54) is 0 Å². The molecule has 3 heteroatoms. The molecule has 0 unspecified atom stereocenters. The summed E-state index contributed by atoms with van der Waals surface area (Å²) in [5.41, 5.74) is 2.01. The molecule has 0 bridgehead atoms. The molecule has 1 aromatic rings. The van der Waals surface area contributed by atoms with Crippen molar-refractivity contribution in [3.8, 4) is 17.6 Å². The molecule has 0 saturated carbocycles. The van der Waals surface area contributed by atoms with Gasteiger partial charge in [-0.25, -0.2) is 4.79 Å². The van der Waals surface area contributed by atoms with Crippen LogP contribution in [0.4, 0.5) is 0 Å². The number of aliphatic carboxylic acids is 1. The van der Waals surface area contributed by atoms with Crippen LogP contribution in [0.2, 0.25) is 0 Å². The molecule has 0 aromatic heterocycles. The van der Waals surface area contributed by atoms with Crippen LogP contribution in [0.3, 0.4) is 0 Å². The fourth-order valence-corrected chi connectivity index (χ4v) is 1.26. The summed E-state index contributed by atoms with van der Waals surface area (Å²) in [6, 6.07) is 5.73. The van der Waals surface area contributed by atoms with Crippen LogP contribution >= 0.6 is 0 Å². The van der Waals surface area contributed by atoms with Crippen LogP contribution in [0.25, 0.3) is 0 Å². The lowest BCUT2D eigenvalue weighted by atomic mass is 10.1. The van der Waals surface area contributed by atoms with Crippen LogP contribution in [-0.2, 0) is 11.2 Å². The molecule has 0 aliphatic rings. The smallest absolute Gasteiger partial charge is 0.381 e. The van der Waals surface area contributed by atoms with E-state index in [1.807, 2.05) is 25.1 Å². The molecule has 15 heavy (non-hydrogen) atoms. The lowest BCUT2D eigenvalue weighted by Crippen LogP contribution is -1.93. The predicted octanol–water partition coefficient (Wildman–Crippen LogP) is 1.63. The Balaban J connectivity index is 2.89. The summed E-state index contributed by atoms with van der Waals surface area (Å²) in [6.07, 6.45) is 0.386. The number of benzene rings is 1. The van der Waals surface area contributed by atoms with Crippen molar-refractivity contribution in [3.63, 3.8) is 0 Å². The van der Waals surface area contributed by atoms with E-state index < -0.39 is 5.97 Å². The van der Waals surface area contributed by atoms with E-state index in [-0.39, 0.29) is 0 Å². The highest BCUT2D eigenvalue weighted by molar-refractivity contribution is 5.86. The van der Waals surface area contributed by atoms with Gasteiger partial charge >= 0.3 is 5.97 Å². The van der Waals surface area contributed by atoms with Crippen molar-refractivity contribution in [2.24, 2.45) is 0 Å². The Morgan fingerprint density at radius 2 is 2.27 bits per heavy atom. The molecule has 0 amide bonds. The molecule has 0 fully saturated rings. The molecule has 0 saturated heterocycles. The van der Waals surface area contributed by atoms with Crippen LogP contribution in [0.15, 0.2) is 18.2 Å². The van der Waals surface area contributed by atoms with Crippen LogP contribution in [-0.4, -0.2) is 18.2 Å². The second kappa shape index (κ2) is 5.06. The molecule has 0 radical (unpaired) electrons. The molecule has 0 atom stereocenters. The van der Waals surface area contributed by atoms with E-state index in [9.17, 15) is 4.79 Å². The van der Waals surface area contributed by atoms with Crippen molar-refractivity contribution in [2.45, 2.75) is 13.3 Å². The number of rotatable bonds is 2. The summed E-state index contributed by atoms with van der Waals surface area (Å²) in [5.74, 6) is 4.28. The molecule has 1 rings (SSSR count). The summed E-state index contributed by atoms with van der Waals surface area (Å²) in [7, 11) is 1.58. The molecule has 1 N–H and O–H groups in total. The molecule has 1 aromatic carbocycles. The Bertz CT molecular complexity index is 424. The topological polar surface area (TPSA) is 46.5 Å². The first-order valence-electron chi connectivity index (χ1n) is 4.49. The third-order valence-electron chi connectivity index (χ3n) is 1.91. The minimum Gasteiger partial charge on any atom is -0.496 e. The summed E-state index contributed by atoms with van der Waals surface area (Å²) in [5, 5.41) is 8.37. The summed E-state index contributed by atoms with van der Waals surface area (Å²) < 4.78 is 5.14. The van der Waals surface area contributed by atoms with Crippen LogP contribution in [0, 0.1) is 18.8 Å². The number of aryl methyl sites for hydroxylation is 1. The van der Waals surface area contributed by atoms with Crippen LogP contribution in [0.5, 0.6) is 5.75 Å². The largest absolute Gasteiger partial charge is 0.496 e. The van der Waals surface area contributed by atoms with Gasteiger partial charge in [-0.05, 0) is 13.0 Å². The number of hydrogen-bond acceptors (Lipinski definition) is 2. The van der Waals surface area contributed by atoms with Crippen molar-refractivity contribution in [1.29, 1.82) is 0 Å². The third-order valence-corrected chi connectivity index (χ3v) is 1.91. The SMILES string of the molecule is COc1ccc(C)cc1CC#CC(=O)O. The van der Waals surface area contributed by atoms with Gasteiger partial charge < -0.3 is 9.84 Å². The number of hydrogen-bond donors (Lipinski definition) is 1. The van der Waals surface area contributed by atoms with E-state index in [4.69, 9.17) is 9.84 Å². The van der Waals surface area contributed by atoms with E-state index in [1.54, 1.807) is 7.11 Å². The summed E-state index contributed by atoms with van der Waals surface area (Å²) in [4.78, 5) is 10.2. The maximum absolute atomic E-state index is 10.2. The molecular weight excluding hydrogens is 192 g/mol. The molecule has 0 aliphatic heterocycles. The van der Waals surface area contributed by atoms with Crippen molar-refractivity contribution < 1.29 is 14.6 Å². The summed E-state index contributed by atoms with van der Waals surface area (Å²) >= 11 is 0. The van der Waals surface area contributed by atoms with E-state index in [2.05, 4.69) is 11.8 Å². The fourth-order valence-electron chi connectivity index (χ4n) is 1.26. The van der Waals surface area contributed by atoms with Gasteiger partial charge in [-0.2, -0.15) is 0 Å². The average Bonchev–Trinajstić information content (AvgIpc) is 2.17. The van der Waals surface area contributed by atoms with Gasteiger partial charge in [-0.3, -0.25) is 0 Å². The number of methoxy groups -OCH3 is 1.